The van der Waals surface area contributed by atoms with Crippen molar-refractivity contribution in [3.8, 4) is 0 Å². The second-order valence-corrected chi connectivity index (χ2v) is 4.70. The first-order chi connectivity index (χ1) is 7.63. The standard InChI is InChI=1S/C10H17N3O2S/c1-13(2)5-6-16-7-8-3-4-9(15-8)10(14)12-11/h3-4H,5-7,11H2,1-2H3,(H,12,14). The van der Waals surface area contributed by atoms with E-state index in [2.05, 4.69) is 4.90 Å². The molecule has 1 rings (SSSR count). The third-order valence-electron chi connectivity index (χ3n) is 1.94. The van der Waals surface area contributed by atoms with Crippen molar-refractivity contribution in [1.29, 1.82) is 0 Å². The molecule has 1 aromatic heterocycles. The van der Waals surface area contributed by atoms with E-state index >= 15 is 0 Å². The zero-order valence-electron chi connectivity index (χ0n) is 9.53. The molecule has 1 aromatic rings. The van der Waals surface area contributed by atoms with Crippen LogP contribution in [0.15, 0.2) is 16.5 Å². The number of nitrogens with one attached hydrogen (secondary N) is 1. The van der Waals surface area contributed by atoms with Crippen LogP contribution in [0.2, 0.25) is 0 Å². The van der Waals surface area contributed by atoms with Gasteiger partial charge in [-0.2, -0.15) is 11.8 Å². The van der Waals surface area contributed by atoms with Crippen molar-refractivity contribution < 1.29 is 9.21 Å². The Morgan fingerprint density at radius 3 is 2.94 bits per heavy atom. The predicted molar refractivity (Wildman–Crippen MR) is 65.1 cm³/mol. The maximum Gasteiger partial charge on any atom is 0.300 e. The van der Waals surface area contributed by atoms with Gasteiger partial charge in [-0.15, -0.1) is 0 Å². The normalized spacial score (nSPS) is 10.8. The molecule has 0 saturated heterocycles. The van der Waals surface area contributed by atoms with Crippen LogP contribution in [0, 0.1) is 0 Å². The Kier molecular flexibility index (Phi) is 5.37. The minimum absolute atomic E-state index is 0.255. The van der Waals surface area contributed by atoms with Gasteiger partial charge in [-0.05, 0) is 26.2 Å². The summed E-state index contributed by atoms with van der Waals surface area (Å²) in [7, 11) is 4.08. The van der Waals surface area contributed by atoms with Gasteiger partial charge in [0.15, 0.2) is 5.76 Å². The van der Waals surface area contributed by atoms with Crippen LogP contribution in [0.4, 0.5) is 0 Å². The van der Waals surface area contributed by atoms with Crippen LogP contribution in [0.25, 0.3) is 0 Å². The summed E-state index contributed by atoms with van der Waals surface area (Å²) in [4.78, 5) is 13.2. The highest BCUT2D eigenvalue weighted by molar-refractivity contribution is 7.98. The fourth-order valence-electron chi connectivity index (χ4n) is 1.07. The van der Waals surface area contributed by atoms with Gasteiger partial charge < -0.3 is 9.32 Å². The molecule has 0 aliphatic heterocycles. The molecule has 0 aromatic carbocycles. The molecule has 5 nitrogen and oxygen atoms in total. The molecule has 0 atom stereocenters. The third-order valence-corrected chi connectivity index (χ3v) is 2.90. The summed E-state index contributed by atoms with van der Waals surface area (Å²) in [6.07, 6.45) is 0. The topological polar surface area (TPSA) is 71.5 Å². The Bertz CT molecular complexity index is 339. The Morgan fingerprint density at radius 1 is 1.56 bits per heavy atom. The number of thioether (sulfide) groups is 1. The number of furan rings is 1. The molecular weight excluding hydrogens is 226 g/mol. The summed E-state index contributed by atoms with van der Waals surface area (Å²) in [6, 6.07) is 3.43. The number of carbonyl (C=O) groups excluding carboxylic acids is 1. The number of nitrogens with zero attached hydrogens (tertiary/aromatic N) is 1. The lowest BCUT2D eigenvalue weighted by atomic mass is 10.4. The number of amides is 1. The molecule has 6 heteroatoms. The van der Waals surface area contributed by atoms with E-state index in [-0.39, 0.29) is 5.76 Å². The summed E-state index contributed by atoms with van der Waals surface area (Å²) in [6.45, 7) is 1.03. The molecule has 0 radical (unpaired) electrons. The number of nitrogen functional groups attached to an aromatic ring is 1. The van der Waals surface area contributed by atoms with E-state index < -0.39 is 5.91 Å². The Balaban J connectivity index is 2.32. The van der Waals surface area contributed by atoms with Crippen LogP contribution in [0.1, 0.15) is 16.3 Å². The fraction of sp³-hybridized carbons (Fsp3) is 0.500. The van der Waals surface area contributed by atoms with Gasteiger partial charge in [0.2, 0.25) is 0 Å². The Hall–Kier alpha value is -0.980. The molecule has 0 fully saturated rings. The number of hydrazine groups is 1. The molecule has 1 amide bonds. The van der Waals surface area contributed by atoms with Gasteiger partial charge in [-0.1, -0.05) is 0 Å². The third kappa shape index (κ3) is 4.26. The number of carbonyl (C=O) groups is 1. The smallest absolute Gasteiger partial charge is 0.300 e. The molecule has 16 heavy (non-hydrogen) atoms. The quantitative estimate of drug-likeness (QED) is 0.333. The molecule has 0 aliphatic carbocycles. The monoisotopic (exact) mass is 243 g/mol. The molecule has 0 unspecified atom stereocenters. The summed E-state index contributed by atoms with van der Waals surface area (Å²) >= 11 is 1.77. The van der Waals surface area contributed by atoms with Gasteiger partial charge in [0.1, 0.15) is 5.76 Å². The van der Waals surface area contributed by atoms with Crippen molar-refractivity contribution in [3.05, 3.63) is 23.7 Å². The van der Waals surface area contributed by atoms with Crippen LogP contribution in [0.5, 0.6) is 0 Å². The molecule has 90 valence electrons. The van der Waals surface area contributed by atoms with E-state index in [1.54, 1.807) is 23.9 Å². The number of rotatable bonds is 6. The summed E-state index contributed by atoms with van der Waals surface area (Å²) in [5.41, 5.74) is 2.03. The van der Waals surface area contributed by atoms with E-state index in [1.807, 2.05) is 19.5 Å². The average Bonchev–Trinajstić information content (AvgIpc) is 2.71. The van der Waals surface area contributed by atoms with Crippen LogP contribution >= 0.6 is 11.8 Å². The minimum atomic E-state index is -0.399. The predicted octanol–water partition coefficient (Wildman–Crippen LogP) is 0.678. The first-order valence-corrected chi connectivity index (χ1v) is 6.11. The molecule has 0 spiro atoms. The van der Waals surface area contributed by atoms with E-state index in [4.69, 9.17) is 10.3 Å². The molecule has 1 heterocycles. The number of nitrogens with two attached hydrogens (primary N) is 1. The summed E-state index contributed by atoms with van der Waals surface area (Å²) in [5, 5.41) is 0. The van der Waals surface area contributed by atoms with Crippen LogP contribution in [-0.2, 0) is 5.75 Å². The number of hydrogen-bond acceptors (Lipinski definition) is 5. The molecule has 3 N–H and O–H groups in total. The summed E-state index contributed by atoms with van der Waals surface area (Å²) in [5.74, 6) is 7.45. The van der Waals surface area contributed by atoms with E-state index in [9.17, 15) is 4.79 Å². The van der Waals surface area contributed by atoms with Crippen molar-refractivity contribution in [2.45, 2.75) is 5.75 Å². The van der Waals surface area contributed by atoms with Gasteiger partial charge in [0, 0.05) is 12.3 Å². The SMILES string of the molecule is CN(C)CCSCc1ccc(C(=O)NN)o1. The molecule has 0 saturated carbocycles. The van der Waals surface area contributed by atoms with Crippen molar-refractivity contribution in [3.63, 3.8) is 0 Å². The van der Waals surface area contributed by atoms with Crippen LogP contribution in [-0.4, -0.2) is 37.2 Å². The highest BCUT2D eigenvalue weighted by Gasteiger charge is 2.09. The van der Waals surface area contributed by atoms with Gasteiger partial charge in [-0.3, -0.25) is 10.2 Å². The minimum Gasteiger partial charge on any atom is -0.455 e. The van der Waals surface area contributed by atoms with Crippen molar-refractivity contribution >= 4 is 17.7 Å². The molecule has 0 aliphatic rings. The van der Waals surface area contributed by atoms with E-state index in [1.165, 1.54) is 0 Å². The lowest BCUT2D eigenvalue weighted by Gasteiger charge is -2.07. The Labute approximate surface area is 99.3 Å². The first kappa shape index (κ1) is 13.1. The fourth-order valence-corrected chi connectivity index (χ4v) is 2.06. The van der Waals surface area contributed by atoms with E-state index in [0.29, 0.717) is 0 Å². The zero-order valence-corrected chi connectivity index (χ0v) is 10.3. The van der Waals surface area contributed by atoms with Crippen LogP contribution < -0.4 is 11.3 Å². The van der Waals surface area contributed by atoms with Crippen molar-refractivity contribution in [1.82, 2.24) is 10.3 Å². The lowest BCUT2D eigenvalue weighted by molar-refractivity contribution is 0.0924. The second-order valence-electron chi connectivity index (χ2n) is 3.60. The average molecular weight is 243 g/mol. The van der Waals surface area contributed by atoms with Crippen molar-refractivity contribution in [2.24, 2.45) is 5.84 Å². The lowest BCUT2D eigenvalue weighted by Crippen LogP contribution is -2.29. The van der Waals surface area contributed by atoms with Gasteiger partial charge >= 0.3 is 5.91 Å². The van der Waals surface area contributed by atoms with Gasteiger partial charge in [-0.25, -0.2) is 5.84 Å². The largest absolute Gasteiger partial charge is 0.455 e. The highest BCUT2D eigenvalue weighted by Crippen LogP contribution is 2.15. The number of hydrogen-bond donors (Lipinski definition) is 2. The molecular formula is C10H17N3O2S. The van der Waals surface area contributed by atoms with E-state index in [0.717, 1.165) is 23.8 Å². The van der Waals surface area contributed by atoms with Gasteiger partial charge in [0.05, 0.1) is 5.75 Å². The van der Waals surface area contributed by atoms with Crippen molar-refractivity contribution in [2.75, 3.05) is 26.4 Å². The maximum absolute atomic E-state index is 11.1. The maximum atomic E-state index is 11.1. The zero-order chi connectivity index (χ0) is 12.0. The summed E-state index contributed by atoms with van der Waals surface area (Å²) < 4.78 is 5.32. The second kappa shape index (κ2) is 6.57. The molecule has 0 bridgehead atoms. The highest BCUT2D eigenvalue weighted by atomic mass is 32.2. The first-order valence-electron chi connectivity index (χ1n) is 4.95. The van der Waals surface area contributed by atoms with Gasteiger partial charge in [0.25, 0.3) is 0 Å². The Morgan fingerprint density at radius 2 is 2.31 bits per heavy atom. The van der Waals surface area contributed by atoms with Crippen LogP contribution in [0.3, 0.4) is 0 Å².